The van der Waals surface area contributed by atoms with Crippen LogP contribution in [0.3, 0.4) is 0 Å². The fourth-order valence-corrected chi connectivity index (χ4v) is 0.903. The Morgan fingerprint density at radius 2 is 1.16 bits per heavy atom. The minimum absolute atomic E-state index is 0.634. The van der Waals surface area contributed by atoms with Crippen LogP contribution in [-0.4, -0.2) is 53.0 Å². The van der Waals surface area contributed by atoms with E-state index < -0.39 is 55.6 Å². The summed E-state index contributed by atoms with van der Waals surface area (Å²) in [6.07, 6.45) is -1.27. The van der Waals surface area contributed by atoms with E-state index in [1.165, 1.54) is 0 Å². The first kappa shape index (κ1) is 16.8. The Kier molecular flexibility index (Phi) is 7.07. The molecule has 0 aliphatic carbocycles. The van der Waals surface area contributed by atoms with Crippen LogP contribution in [0.15, 0.2) is 0 Å². The summed E-state index contributed by atoms with van der Waals surface area (Å²) in [4.78, 5) is 42.6. The normalized spacial score (nSPS) is 13.2. The summed E-state index contributed by atoms with van der Waals surface area (Å²) < 4.78 is 8.71. The Morgan fingerprint density at radius 3 is 1.42 bits per heavy atom. The maximum Gasteiger partial charge on any atom is 0.326 e. The van der Waals surface area contributed by atoms with Crippen molar-refractivity contribution in [1.29, 1.82) is 0 Å². The van der Waals surface area contributed by atoms with Crippen molar-refractivity contribution < 1.29 is 38.9 Å². The van der Waals surface area contributed by atoms with Crippen LogP contribution in [0.1, 0.15) is 12.8 Å². The minimum Gasteiger partial charge on any atom is -0.481 e. The summed E-state index contributed by atoms with van der Waals surface area (Å²) in [5.41, 5.74) is 10.3. The Bertz CT molecular complexity index is 335. The zero-order chi connectivity index (χ0) is 15.0. The number of aliphatic carboxylic acids is 2. The van der Waals surface area contributed by atoms with Gasteiger partial charge >= 0.3 is 23.9 Å². The molecule has 10 heteroatoms. The summed E-state index contributed by atoms with van der Waals surface area (Å²) in [7, 11) is 0. The molecule has 0 saturated heterocycles. The van der Waals surface area contributed by atoms with Crippen LogP contribution in [0.2, 0.25) is 0 Å². The largest absolute Gasteiger partial charge is 0.481 e. The van der Waals surface area contributed by atoms with Gasteiger partial charge in [-0.3, -0.25) is 19.2 Å². The second-order valence-corrected chi connectivity index (χ2v) is 3.45. The van der Waals surface area contributed by atoms with Crippen molar-refractivity contribution in [2.75, 3.05) is 6.79 Å². The van der Waals surface area contributed by atoms with Crippen LogP contribution >= 0.6 is 0 Å². The molecule has 108 valence electrons. The van der Waals surface area contributed by atoms with E-state index in [1.54, 1.807) is 0 Å². The van der Waals surface area contributed by atoms with Crippen molar-refractivity contribution in [1.82, 2.24) is 0 Å². The van der Waals surface area contributed by atoms with Gasteiger partial charge in [-0.25, -0.2) is 0 Å². The van der Waals surface area contributed by atoms with Crippen molar-refractivity contribution in [3.05, 3.63) is 0 Å². The number of carbonyl (C=O) groups excluding carboxylic acids is 2. The van der Waals surface area contributed by atoms with Gasteiger partial charge < -0.3 is 31.2 Å². The molecule has 6 N–H and O–H groups in total. The summed E-state index contributed by atoms with van der Waals surface area (Å²) in [5.74, 6) is -4.71. The van der Waals surface area contributed by atoms with Crippen LogP contribution in [0.25, 0.3) is 0 Å². The van der Waals surface area contributed by atoms with Crippen molar-refractivity contribution >= 4 is 23.9 Å². The molecular formula is C9H14N2O8. The molecule has 0 fully saturated rings. The highest BCUT2D eigenvalue weighted by atomic mass is 16.7. The molecule has 0 aromatic heterocycles. The van der Waals surface area contributed by atoms with Gasteiger partial charge in [0.2, 0.25) is 6.79 Å². The Hall–Kier alpha value is -2.20. The number of hydrogen-bond donors (Lipinski definition) is 4. The first-order valence-electron chi connectivity index (χ1n) is 5.02. The second-order valence-electron chi connectivity index (χ2n) is 3.45. The minimum atomic E-state index is -1.39. The molecule has 0 radical (unpaired) electrons. The molecule has 0 aliphatic heterocycles. The number of nitrogens with two attached hydrogens (primary N) is 2. The van der Waals surface area contributed by atoms with Gasteiger partial charge in [-0.05, 0) is 0 Å². The molecule has 0 amide bonds. The lowest BCUT2D eigenvalue weighted by molar-refractivity contribution is -0.171. The van der Waals surface area contributed by atoms with Crippen molar-refractivity contribution in [3.63, 3.8) is 0 Å². The molecule has 0 heterocycles. The molecule has 0 saturated carbocycles. The van der Waals surface area contributed by atoms with Gasteiger partial charge in [-0.1, -0.05) is 0 Å². The summed E-state index contributed by atoms with van der Waals surface area (Å²) in [6.45, 7) is -0.821. The van der Waals surface area contributed by atoms with E-state index in [2.05, 4.69) is 9.47 Å². The third-order valence-electron chi connectivity index (χ3n) is 1.80. The smallest absolute Gasteiger partial charge is 0.326 e. The molecule has 0 unspecified atom stereocenters. The quantitative estimate of drug-likeness (QED) is 0.277. The lowest BCUT2D eigenvalue weighted by Gasteiger charge is -2.11. The molecule has 0 aromatic rings. The first-order chi connectivity index (χ1) is 8.73. The fourth-order valence-electron chi connectivity index (χ4n) is 0.903. The maximum atomic E-state index is 11.1. The number of rotatable bonds is 8. The Labute approximate surface area is 107 Å². The average Bonchev–Trinajstić information content (AvgIpc) is 2.26. The van der Waals surface area contributed by atoms with E-state index in [9.17, 15) is 19.2 Å². The number of carboxylic acids is 2. The standard InChI is InChI=1S/C9H14N2O8/c10-4(1-6(12)13)8(16)18-3-19-9(17)5(11)2-7(14)15/h4-5H,1-3,10-11H2,(H,12,13)(H,14,15)/t4-,5-/m0/s1. The van der Waals surface area contributed by atoms with Crippen molar-refractivity contribution in [3.8, 4) is 0 Å². The highest BCUT2D eigenvalue weighted by molar-refractivity contribution is 5.83. The van der Waals surface area contributed by atoms with Gasteiger partial charge in [-0.15, -0.1) is 0 Å². The Balaban J connectivity index is 3.96. The molecule has 10 nitrogen and oxygen atoms in total. The second kappa shape index (κ2) is 8.00. The van der Waals surface area contributed by atoms with Crippen molar-refractivity contribution in [2.24, 2.45) is 11.5 Å². The summed E-state index contributed by atoms with van der Waals surface area (Å²) in [5, 5.41) is 16.7. The number of hydrogen-bond acceptors (Lipinski definition) is 8. The van der Waals surface area contributed by atoms with Gasteiger partial charge in [0, 0.05) is 0 Å². The van der Waals surface area contributed by atoms with Gasteiger partial charge in [0.15, 0.2) is 0 Å². The van der Waals surface area contributed by atoms with E-state index in [4.69, 9.17) is 21.7 Å². The van der Waals surface area contributed by atoms with Crippen molar-refractivity contribution in [2.45, 2.75) is 24.9 Å². The fraction of sp³-hybridized carbons (Fsp3) is 0.556. The predicted molar refractivity (Wildman–Crippen MR) is 57.5 cm³/mol. The lowest BCUT2D eigenvalue weighted by Crippen LogP contribution is -2.37. The van der Waals surface area contributed by atoms with Crippen LogP contribution < -0.4 is 11.5 Å². The first-order valence-corrected chi connectivity index (χ1v) is 5.02. The van der Waals surface area contributed by atoms with Crippen LogP contribution in [-0.2, 0) is 28.7 Å². The summed E-state index contributed by atoms with van der Waals surface area (Å²) >= 11 is 0. The molecule has 0 aromatic carbocycles. The molecular weight excluding hydrogens is 264 g/mol. The number of ether oxygens (including phenoxy) is 2. The van der Waals surface area contributed by atoms with Crippen LogP contribution in [0.5, 0.6) is 0 Å². The van der Waals surface area contributed by atoms with E-state index in [-0.39, 0.29) is 0 Å². The lowest BCUT2D eigenvalue weighted by atomic mass is 10.2. The van der Waals surface area contributed by atoms with E-state index in [0.717, 1.165) is 0 Å². The van der Waals surface area contributed by atoms with Gasteiger partial charge in [0.05, 0.1) is 12.8 Å². The topological polar surface area (TPSA) is 179 Å². The van der Waals surface area contributed by atoms with E-state index in [0.29, 0.717) is 0 Å². The molecule has 19 heavy (non-hydrogen) atoms. The van der Waals surface area contributed by atoms with Crippen LogP contribution in [0, 0.1) is 0 Å². The number of esters is 2. The average molecular weight is 278 g/mol. The predicted octanol–water partition coefficient (Wildman–Crippen LogP) is -2.37. The third-order valence-corrected chi connectivity index (χ3v) is 1.80. The third kappa shape index (κ3) is 7.68. The molecule has 0 bridgehead atoms. The SMILES string of the molecule is N[C@@H](CC(=O)O)C(=O)OCOC(=O)[C@@H](N)CC(=O)O. The van der Waals surface area contributed by atoms with Gasteiger partial charge in [0.25, 0.3) is 0 Å². The monoisotopic (exact) mass is 278 g/mol. The van der Waals surface area contributed by atoms with Crippen LogP contribution in [0.4, 0.5) is 0 Å². The summed E-state index contributed by atoms with van der Waals surface area (Å²) in [6, 6.07) is -2.77. The maximum absolute atomic E-state index is 11.1. The number of carboxylic acid groups (broad SMARTS) is 2. The molecule has 2 atom stereocenters. The van der Waals surface area contributed by atoms with Gasteiger partial charge in [-0.2, -0.15) is 0 Å². The molecule has 0 rings (SSSR count). The molecule has 0 aliphatic rings. The van der Waals surface area contributed by atoms with Gasteiger partial charge in [0.1, 0.15) is 12.1 Å². The van der Waals surface area contributed by atoms with E-state index >= 15 is 0 Å². The van der Waals surface area contributed by atoms with E-state index in [1.807, 2.05) is 0 Å². The highest BCUT2D eigenvalue weighted by Crippen LogP contribution is 1.96. The molecule has 0 spiro atoms. The Morgan fingerprint density at radius 1 is 0.842 bits per heavy atom. The zero-order valence-corrected chi connectivity index (χ0v) is 9.77. The zero-order valence-electron chi connectivity index (χ0n) is 9.77. The highest BCUT2D eigenvalue weighted by Gasteiger charge is 2.21. The number of carbonyl (C=O) groups is 4.